The largest absolute Gasteiger partial charge is 0.322 e. The van der Waals surface area contributed by atoms with Crippen LogP contribution in [0.4, 0.5) is 11.4 Å². The van der Waals surface area contributed by atoms with Crippen LogP contribution in [0.5, 0.6) is 0 Å². The van der Waals surface area contributed by atoms with Crippen molar-refractivity contribution in [2.45, 2.75) is 20.3 Å². The molecule has 0 spiro atoms. The molecule has 2 heterocycles. The van der Waals surface area contributed by atoms with Crippen molar-refractivity contribution in [1.82, 2.24) is 9.97 Å². The number of pyridine rings is 2. The van der Waals surface area contributed by atoms with Crippen LogP contribution in [0.1, 0.15) is 43.0 Å². The van der Waals surface area contributed by atoms with E-state index in [1.54, 1.807) is 0 Å². The lowest BCUT2D eigenvalue weighted by Crippen LogP contribution is -2.15. The van der Waals surface area contributed by atoms with Gasteiger partial charge in [0.1, 0.15) is 0 Å². The Bertz CT molecular complexity index is 2540. The molecule has 0 bridgehead atoms. The highest BCUT2D eigenvalue weighted by Gasteiger charge is 2.21. The molecule has 0 unspecified atom stereocenters. The van der Waals surface area contributed by atoms with E-state index < -0.39 is 0 Å². The van der Waals surface area contributed by atoms with E-state index in [4.69, 9.17) is 33.2 Å². The molecular formula is C47H34Cl2N4O2. The molecule has 6 aromatic carbocycles. The second-order valence-electron chi connectivity index (χ2n) is 13.4. The van der Waals surface area contributed by atoms with Crippen LogP contribution in [0.2, 0.25) is 10.0 Å². The summed E-state index contributed by atoms with van der Waals surface area (Å²) in [5.41, 5.74) is 11.1. The van der Waals surface area contributed by atoms with Gasteiger partial charge in [0.05, 0.1) is 33.5 Å². The number of nitrogens with one attached hydrogen (secondary N) is 2. The van der Waals surface area contributed by atoms with Crippen LogP contribution in [0, 0.1) is 13.8 Å². The molecule has 2 N–H and O–H groups in total. The fourth-order valence-electron chi connectivity index (χ4n) is 7.01. The van der Waals surface area contributed by atoms with Crippen LogP contribution in [0.15, 0.2) is 146 Å². The van der Waals surface area contributed by atoms with Crippen LogP contribution < -0.4 is 10.6 Å². The predicted octanol–water partition coefficient (Wildman–Crippen LogP) is 12.1. The van der Waals surface area contributed by atoms with E-state index in [2.05, 4.69) is 10.6 Å². The molecule has 8 rings (SSSR count). The number of carbonyl (C=O) groups is 2. The molecular weight excluding hydrogens is 723 g/mol. The Morgan fingerprint density at radius 2 is 0.855 bits per heavy atom. The molecule has 2 aromatic heterocycles. The van der Waals surface area contributed by atoms with Crippen molar-refractivity contribution < 1.29 is 9.59 Å². The molecule has 0 aliphatic heterocycles. The number of carbonyl (C=O) groups excluding carboxylic acids is 2. The van der Waals surface area contributed by atoms with Crippen molar-refractivity contribution >= 4 is 68.2 Å². The van der Waals surface area contributed by atoms with Gasteiger partial charge in [0, 0.05) is 43.3 Å². The van der Waals surface area contributed by atoms with Crippen molar-refractivity contribution in [3.05, 3.63) is 189 Å². The van der Waals surface area contributed by atoms with E-state index in [-0.39, 0.29) is 11.8 Å². The summed E-state index contributed by atoms with van der Waals surface area (Å²) >= 11 is 12.3. The van der Waals surface area contributed by atoms with E-state index >= 15 is 0 Å². The van der Waals surface area contributed by atoms with Crippen LogP contribution in [-0.2, 0) is 6.42 Å². The first-order valence-electron chi connectivity index (χ1n) is 17.8. The number of rotatable bonds is 8. The third kappa shape index (κ3) is 7.43. The number of hydrogen-bond acceptors (Lipinski definition) is 4. The maximum absolute atomic E-state index is 13.8. The first-order chi connectivity index (χ1) is 26.7. The highest BCUT2D eigenvalue weighted by atomic mass is 35.5. The summed E-state index contributed by atoms with van der Waals surface area (Å²) < 4.78 is 0. The lowest BCUT2D eigenvalue weighted by molar-refractivity contribution is 0.101. The molecule has 0 aliphatic rings. The molecule has 268 valence electrons. The topological polar surface area (TPSA) is 84.0 Å². The molecule has 0 atom stereocenters. The van der Waals surface area contributed by atoms with Crippen molar-refractivity contribution in [1.29, 1.82) is 0 Å². The number of para-hydroxylation sites is 2. The SMILES string of the molecule is Cc1c(-c2ccc(Cl)cc2)nc2ccccc2c1C(=O)Nc1ccc(Cc2ccc(NC(=O)c3c(C)c(-c4ccc(Cl)cc4)nc4ccccc34)cc2)cc1. The molecule has 55 heavy (non-hydrogen) atoms. The van der Waals surface area contributed by atoms with Crippen molar-refractivity contribution in [3.8, 4) is 22.5 Å². The van der Waals surface area contributed by atoms with Gasteiger partial charge < -0.3 is 10.6 Å². The van der Waals surface area contributed by atoms with E-state index in [1.807, 2.05) is 159 Å². The zero-order valence-corrected chi connectivity index (χ0v) is 31.5. The molecule has 0 aliphatic carbocycles. The number of benzene rings is 6. The predicted molar refractivity (Wildman–Crippen MR) is 225 cm³/mol. The summed E-state index contributed by atoms with van der Waals surface area (Å²) in [5.74, 6) is -0.402. The number of fused-ring (bicyclic) bond motifs is 2. The Morgan fingerprint density at radius 3 is 1.24 bits per heavy atom. The number of anilines is 2. The smallest absolute Gasteiger partial charge is 0.256 e. The van der Waals surface area contributed by atoms with Gasteiger partial charge in [-0.15, -0.1) is 0 Å². The fraction of sp³-hybridized carbons (Fsp3) is 0.0638. The molecule has 2 amide bonds. The zero-order chi connectivity index (χ0) is 38.1. The Labute approximate surface area is 328 Å². The van der Waals surface area contributed by atoms with Gasteiger partial charge in [0.15, 0.2) is 0 Å². The first-order valence-corrected chi connectivity index (χ1v) is 18.6. The normalized spacial score (nSPS) is 11.1. The molecule has 0 fully saturated rings. The summed E-state index contributed by atoms with van der Waals surface area (Å²) in [7, 11) is 0. The van der Waals surface area contributed by atoms with Gasteiger partial charge in [-0.3, -0.25) is 9.59 Å². The second kappa shape index (κ2) is 15.2. The number of halogens is 2. The Hall–Kier alpha value is -6.34. The van der Waals surface area contributed by atoms with Gasteiger partial charge in [-0.2, -0.15) is 0 Å². The number of aromatic nitrogens is 2. The van der Waals surface area contributed by atoms with Crippen molar-refractivity contribution in [2.24, 2.45) is 0 Å². The van der Waals surface area contributed by atoms with E-state index in [1.165, 1.54) is 0 Å². The van der Waals surface area contributed by atoms with Crippen molar-refractivity contribution in [2.75, 3.05) is 10.6 Å². The minimum atomic E-state index is -0.201. The number of hydrogen-bond donors (Lipinski definition) is 2. The zero-order valence-electron chi connectivity index (χ0n) is 30.0. The molecule has 8 heteroatoms. The van der Waals surface area contributed by atoms with Crippen LogP contribution >= 0.6 is 23.2 Å². The molecule has 0 saturated carbocycles. The monoisotopic (exact) mass is 756 g/mol. The number of nitrogens with zero attached hydrogens (tertiary/aromatic N) is 2. The van der Waals surface area contributed by atoms with Gasteiger partial charge >= 0.3 is 0 Å². The fourth-order valence-corrected chi connectivity index (χ4v) is 7.26. The van der Waals surface area contributed by atoms with E-state index in [0.717, 1.165) is 66.6 Å². The molecule has 0 saturated heterocycles. The third-order valence-electron chi connectivity index (χ3n) is 9.79. The van der Waals surface area contributed by atoms with Crippen LogP contribution in [0.3, 0.4) is 0 Å². The highest BCUT2D eigenvalue weighted by Crippen LogP contribution is 2.33. The van der Waals surface area contributed by atoms with Crippen LogP contribution in [-0.4, -0.2) is 21.8 Å². The maximum atomic E-state index is 13.8. The van der Waals surface area contributed by atoms with Gasteiger partial charge in [-0.25, -0.2) is 9.97 Å². The first kappa shape index (κ1) is 35.7. The van der Waals surface area contributed by atoms with E-state index in [0.29, 0.717) is 39.0 Å². The quantitative estimate of drug-likeness (QED) is 0.162. The minimum Gasteiger partial charge on any atom is -0.322 e. The summed E-state index contributed by atoms with van der Waals surface area (Å²) in [5, 5.41) is 9.06. The molecule has 6 nitrogen and oxygen atoms in total. The summed E-state index contributed by atoms with van der Waals surface area (Å²) in [6, 6.07) is 46.1. The number of amides is 2. The van der Waals surface area contributed by atoms with Gasteiger partial charge in [-0.1, -0.05) is 108 Å². The highest BCUT2D eigenvalue weighted by molar-refractivity contribution is 6.31. The maximum Gasteiger partial charge on any atom is 0.256 e. The van der Waals surface area contributed by atoms with Gasteiger partial charge in [0.2, 0.25) is 0 Å². The van der Waals surface area contributed by atoms with E-state index in [9.17, 15) is 9.59 Å². The van der Waals surface area contributed by atoms with Crippen molar-refractivity contribution in [3.63, 3.8) is 0 Å². The second-order valence-corrected chi connectivity index (χ2v) is 14.3. The Balaban J connectivity index is 0.970. The third-order valence-corrected chi connectivity index (χ3v) is 10.3. The molecule has 0 radical (unpaired) electrons. The average molecular weight is 758 g/mol. The van der Waals surface area contributed by atoms with Crippen LogP contribution in [0.25, 0.3) is 44.3 Å². The lowest BCUT2D eigenvalue weighted by atomic mass is 9.97. The lowest BCUT2D eigenvalue weighted by Gasteiger charge is -2.15. The average Bonchev–Trinajstić information content (AvgIpc) is 3.19. The Morgan fingerprint density at radius 1 is 0.491 bits per heavy atom. The summed E-state index contributed by atoms with van der Waals surface area (Å²) in [6.45, 7) is 3.86. The van der Waals surface area contributed by atoms with Gasteiger partial charge in [-0.05, 0) is 103 Å². The van der Waals surface area contributed by atoms with Gasteiger partial charge in [0.25, 0.3) is 11.8 Å². The molecule has 8 aromatic rings. The summed E-state index contributed by atoms with van der Waals surface area (Å²) in [4.78, 5) is 37.5. The Kier molecular flexibility index (Phi) is 9.85. The summed E-state index contributed by atoms with van der Waals surface area (Å²) in [6.07, 6.45) is 0.680. The standard InChI is InChI=1S/C47H34Cl2N4O2/c1-28-42(38-7-3-5-9-40(38)52-44(28)32-15-19-34(48)20-16-32)46(54)50-36-23-11-30(12-24-36)27-31-13-25-37(26-14-31)51-47(55)43-29(2)45(33-17-21-35(49)22-18-33)53-41-10-6-4-8-39(41)43/h3-26H,27H2,1-2H3,(H,50,54)(H,51,55). The minimum absolute atomic E-state index is 0.201.